The predicted octanol–water partition coefficient (Wildman–Crippen LogP) is 2.53. The number of aliphatic hydroxyl groups excluding tert-OH is 1. The van der Waals surface area contributed by atoms with Gasteiger partial charge in [0.15, 0.2) is 0 Å². The molecule has 1 aliphatic heterocycles. The Kier molecular flexibility index (Phi) is 3.07. The Hall–Kier alpha value is -0.340. The minimum absolute atomic E-state index is 0.0648. The van der Waals surface area contributed by atoms with E-state index in [-0.39, 0.29) is 11.1 Å². The molecular weight excluding hydrogens is 174 g/mol. The standard InChI is InChI=1S/C12H23NO/c1-6-10(14)13-11(2,3)8-7-9-12(13,4)5/h6,10,14H,1,7-9H2,2-5H3. The summed E-state index contributed by atoms with van der Waals surface area (Å²) in [4.78, 5) is 2.18. The van der Waals surface area contributed by atoms with E-state index in [0.717, 1.165) is 12.8 Å². The molecule has 1 rings (SSSR count). The molecule has 0 spiro atoms. The molecule has 2 nitrogen and oxygen atoms in total. The zero-order valence-corrected chi connectivity index (χ0v) is 9.88. The van der Waals surface area contributed by atoms with Crippen LogP contribution in [-0.4, -0.2) is 27.3 Å². The van der Waals surface area contributed by atoms with Crippen molar-refractivity contribution in [2.45, 2.75) is 64.3 Å². The Balaban J connectivity index is 2.96. The van der Waals surface area contributed by atoms with Crippen molar-refractivity contribution in [3.8, 4) is 0 Å². The van der Waals surface area contributed by atoms with Crippen LogP contribution in [0.2, 0.25) is 0 Å². The van der Waals surface area contributed by atoms with Crippen molar-refractivity contribution in [3.63, 3.8) is 0 Å². The number of aliphatic hydroxyl groups is 1. The predicted molar refractivity (Wildman–Crippen MR) is 60.1 cm³/mol. The Morgan fingerprint density at radius 2 is 1.64 bits per heavy atom. The highest BCUT2D eigenvalue weighted by Gasteiger charge is 2.43. The van der Waals surface area contributed by atoms with Gasteiger partial charge < -0.3 is 5.11 Å². The molecular formula is C12H23NO. The minimum Gasteiger partial charge on any atom is -0.375 e. The number of hydrogen-bond acceptors (Lipinski definition) is 2. The SMILES string of the molecule is C=CC(O)N1C(C)(C)CCCC1(C)C. The highest BCUT2D eigenvalue weighted by Crippen LogP contribution is 2.39. The molecule has 1 heterocycles. The summed E-state index contributed by atoms with van der Waals surface area (Å²) in [6, 6.07) is 0. The lowest BCUT2D eigenvalue weighted by Crippen LogP contribution is -2.62. The summed E-state index contributed by atoms with van der Waals surface area (Å²) < 4.78 is 0. The first kappa shape index (κ1) is 11.7. The van der Waals surface area contributed by atoms with Gasteiger partial charge in [0.05, 0.1) is 0 Å². The molecule has 1 unspecified atom stereocenters. The molecule has 1 aliphatic rings. The van der Waals surface area contributed by atoms with E-state index in [2.05, 4.69) is 39.2 Å². The van der Waals surface area contributed by atoms with Crippen molar-refractivity contribution in [1.29, 1.82) is 0 Å². The molecule has 0 radical (unpaired) electrons. The fourth-order valence-corrected chi connectivity index (χ4v) is 2.84. The molecule has 0 aliphatic carbocycles. The maximum Gasteiger partial charge on any atom is 0.127 e. The zero-order chi connectivity index (χ0) is 11.0. The van der Waals surface area contributed by atoms with Crippen molar-refractivity contribution < 1.29 is 5.11 Å². The van der Waals surface area contributed by atoms with E-state index in [4.69, 9.17) is 0 Å². The van der Waals surface area contributed by atoms with Crippen LogP contribution < -0.4 is 0 Å². The van der Waals surface area contributed by atoms with Crippen LogP contribution in [0.3, 0.4) is 0 Å². The lowest BCUT2D eigenvalue weighted by Gasteiger charge is -2.54. The Morgan fingerprint density at radius 3 is 2.00 bits per heavy atom. The zero-order valence-electron chi connectivity index (χ0n) is 9.88. The maximum absolute atomic E-state index is 9.96. The second-order valence-corrected chi connectivity index (χ2v) is 5.50. The van der Waals surface area contributed by atoms with Gasteiger partial charge in [0, 0.05) is 11.1 Å². The van der Waals surface area contributed by atoms with E-state index >= 15 is 0 Å². The monoisotopic (exact) mass is 197 g/mol. The highest BCUT2D eigenvalue weighted by molar-refractivity contribution is 5.01. The molecule has 1 N–H and O–H groups in total. The largest absolute Gasteiger partial charge is 0.375 e. The van der Waals surface area contributed by atoms with Crippen molar-refractivity contribution >= 4 is 0 Å². The lowest BCUT2D eigenvalue weighted by molar-refractivity contribution is -0.117. The maximum atomic E-state index is 9.96. The van der Waals surface area contributed by atoms with Crippen molar-refractivity contribution in [1.82, 2.24) is 4.90 Å². The van der Waals surface area contributed by atoms with Gasteiger partial charge in [-0.2, -0.15) is 0 Å². The fraction of sp³-hybridized carbons (Fsp3) is 0.833. The number of hydrogen-bond donors (Lipinski definition) is 1. The van der Waals surface area contributed by atoms with Crippen LogP contribution in [0.5, 0.6) is 0 Å². The first-order chi connectivity index (χ1) is 6.31. The average molecular weight is 197 g/mol. The van der Waals surface area contributed by atoms with Crippen LogP contribution in [0.15, 0.2) is 12.7 Å². The van der Waals surface area contributed by atoms with E-state index in [1.165, 1.54) is 6.42 Å². The van der Waals surface area contributed by atoms with E-state index in [0.29, 0.717) is 0 Å². The van der Waals surface area contributed by atoms with Gasteiger partial charge in [0.25, 0.3) is 0 Å². The van der Waals surface area contributed by atoms with Gasteiger partial charge in [-0.1, -0.05) is 6.58 Å². The summed E-state index contributed by atoms with van der Waals surface area (Å²) in [5.74, 6) is 0. The molecule has 1 atom stereocenters. The van der Waals surface area contributed by atoms with E-state index in [1.807, 2.05) is 0 Å². The fourth-order valence-electron chi connectivity index (χ4n) is 2.84. The smallest absolute Gasteiger partial charge is 0.127 e. The second kappa shape index (κ2) is 3.67. The van der Waals surface area contributed by atoms with Crippen molar-refractivity contribution in [2.75, 3.05) is 0 Å². The topological polar surface area (TPSA) is 23.5 Å². The van der Waals surface area contributed by atoms with E-state index < -0.39 is 6.23 Å². The third-order valence-electron chi connectivity index (χ3n) is 3.36. The molecule has 0 aromatic heterocycles. The van der Waals surface area contributed by atoms with Crippen molar-refractivity contribution in [3.05, 3.63) is 12.7 Å². The molecule has 82 valence electrons. The molecule has 1 fully saturated rings. The van der Waals surface area contributed by atoms with Crippen LogP contribution in [0.4, 0.5) is 0 Å². The summed E-state index contributed by atoms with van der Waals surface area (Å²) in [6.45, 7) is 12.5. The first-order valence-corrected chi connectivity index (χ1v) is 5.41. The summed E-state index contributed by atoms with van der Waals surface area (Å²) >= 11 is 0. The average Bonchev–Trinajstić information content (AvgIpc) is 2.00. The van der Waals surface area contributed by atoms with Crippen LogP contribution in [-0.2, 0) is 0 Å². The molecule has 0 aromatic rings. The number of rotatable bonds is 2. The Morgan fingerprint density at radius 1 is 1.21 bits per heavy atom. The van der Waals surface area contributed by atoms with Gasteiger partial charge in [-0.3, -0.25) is 4.90 Å². The molecule has 2 heteroatoms. The summed E-state index contributed by atoms with van der Waals surface area (Å²) in [5.41, 5.74) is 0.130. The summed E-state index contributed by atoms with van der Waals surface area (Å²) in [7, 11) is 0. The van der Waals surface area contributed by atoms with Crippen LogP contribution in [0.25, 0.3) is 0 Å². The molecule has 0 aromatic carbocycles. The third kappa shape index (κ3) is 2.01. The molecule has 0 saturated carbocycles. The van der Waals surface area contributed by atoms with Gasteiger partial charge in [-0.15, -0.1) is 0 Å². The highest BCUT2D eigenvalue weighted by atomic mass is 16.3. The second-order valence-electron chi connectivity index (χ2n) is 5.50. The Labute approximate surface area is 87.6 Å². The van der Waals surface area contributed by atoms with Gasteiger partial charge in [-0.25, -0.2) is 0 Å². The summed E-state index contributed by atoms with van der Waals surface area (Å²) in [5, 5.41) is 9.96. The quantitative estimate of drug-likeness (QED) is 0.688. The van der Waals surface area contributed by atoms with Crippen LogP contribution in [0, 0.1) is 0 Å². The molecule has 0 amide bonds. The van der Waals surface area contributed by atoms with Gasteiger partial charge in [0.2, 0.25) is 0 Å². The normalized spacial score (nSPS) is 28.4. The van der Waals surface area contributed by atoms with E-state index in [9.17, 15) is 5.11 Å². The number of likely N-dealkylation sites (tertiary alicyclic amines) is 1. The number of nitrogens with zero attached hydrogens (tertiary/aromatic N) is 1. The van der Waals surface area contributed by atoms with Gasteiger partial charge >= 0.3 is 0 Å². The number of piperidine rings is 1. The Bertz CT molecular complexity index is 204. The van der Waals surface area contributed by atoms with Gasteiger partial charge in [-0.05, 0) is 53.0 Å². The molecule has 14 heavy (non-hydrogen) atoms. The first-order valence-electron chi connectivity index (χ1n) is 5.41. The van der Waals surface area contributed by atoms with Crippen LogP contribution >= 0.6 is 0 Å². The minimum atomic E-state index is -0.528. The molecule has 1 saturated heterocycles. The lowest BCUT2D eigenvalue weighted by atomic mass is 9.79. The molecule has 0 bridgehead atoms. The third-order valence-corrected chi connectivity index (χ3v) is 3.36. The van der Waals surface area contributed by atoms with Crippen LogP contribution in [0.1, 0.15) is 47.0 Å². The van der Waals surface area contributed by atoms with Gasteiger partial charge in [0.1, 0.15) is 6.23 Å². The van der Waals surface area contributed by atoms with E-state index in [1.54, 1.807) is 6.08 Å². The summed E-state index contributed by atoms with van der Waals surface area (Å²) in [6.07, 6.45) is 4.61. The van der Waals surface area contributed by atoms with Crippen molar-refractivity contribution in [2.24, 2.45) is 0 Å².